The van der Waals surface area contributed by atoms with Gasteiger partial charge in [-0.15, -0.1) is 12.4 Å². The number of amidine groups is 1. The van der Waals surface area contributed by atoms with E-state index in [2.05, 4.69) is 24.3 Å². The third-order valence-electron chi connectivity index (χ3n) is 2.13. The maximum Gasteiger partial charge on any atom is 0.166 e. The second-order valence-electron chi connectivity index (χ2n) is 3.92. The molecule has 0 aromatic heterocycles. The molecule has 1 unspecified atom stereocenters. The summed E-state index contributed by atoms with van der Waals surface area (Å²) in [7, 11) is 0. The quantitative estimate of drug-likeness (QED) is 0.736. The fraction of sp³-hybridized carbons (Fsp3) is 0.889. The summed E-state index contributed by atoms with van der Waals surface area (Å²) >= 11 is 0. The van der Waals surface area contributed by atoms with Gasteiger partial charge in [0.05, 0.1) is 0 Å². The molecule has 0 bridgehead atoms. The van der Waals surface area contributed by atoms with Crippen molar-refractivity contribution < 1.29 is 4.84 Å². The highest BCUT2D eigenvalue weighted by molar-refractivity contribution is 5.85. The molecule has 1 aliphatic heterocycles. The highest BCUT2D eigenvalue weighted by atomic mass is 35.5. The summed E-state index contributed by atoms with van der Waals surface area (Å²) < 4.78 is 0. The van der Waals surface area contributed by atoms with Gasteiger partial charge in [-0.05, 0) is 24.8 Å². The fourth-order valence-electron chi connectivity index (χ4n) is 1.57. The smallest absolute Gasteiger partial charge is 0.166 e. The van der Waals surface area contributed by atoms with Crippen LogP contribution in [0.3, 0.4) is 0 Å². The molecule has 0 saturated carbocycles. The number of rotatable bonds is 5. The number of nitrogens with zero attached hydrogens (tertiary/aromatic N) is 1. The predicted molar refractivity (Wildman–Crippen MR) is 60.4 cm³/mol. The Balaban J connectivity index is 0.00000169. The van der Waals surface area contributed by atoms with E-state index in [9.17, 15) is 0 Å². The Bertz CT molecular complexity index is 185. The number of hydrogen-bond acceptors (Lipinski definition) is 4. The fourth-order valence-corrected chi connectivity index (χ4v) is 1.57. The molecule has 0 spiro atoms. The van der Waals surface area contributed by atoms with Crippen LogP contribution < -0.4 is 11.2 Å². The molecule has 1 atom stereocenters. The number of halogens is 1. The summed E-state index contributed by atoms with van der Waals surface area (Å²) in [5.74, 6) is 2.15. The van der Waals surface area contributed by atoms with E-state index in [-0.39, 0.29) is 12.4 Å². The van der Waals surface area contributed by atoms with Crippen molar-refractivity contribution in [1.82, 2.24) is 5.48 Å². The summed E-state index contributed by atoms with van der Waals surface area (Å²) in [6.07, 6.45) is 2.06. The van der Waals surface area contributed by atoms with Crippen LogP contribution in [0.25, 0.3) is 0 Å². The summed E-state index contributed by atoms with van der Waals surface area (Å²) in [6.45, 7) is 5.58. The van der Waals surface area contributed by atoms with Gasteiger partial charge in [0.2, 0.25) is 0 Å². The molecule has 0 saturated heterocycles. The minimum absolute atomic E-state index is 0. The van der Waals surface area contributed by atoms with E-state index >= 15 is 0 Å². The molecule has 0 fully saturated rings. The Kier molecular flexibility index (Phi) is 6.87. The van der Waals surface area contributed by atoms with Gasteiger partial charge in [-0.1, -0.05) is 13.8 Å². The summed E-state index contributed by atoms with van der Waals surface area (Å²) in [6, 6.07) is 0. The molecule has 0 radical (unpaired) electrons. The zero-order valence-corrected chi connectivity index (χ0v) is 9.64. The lowest BCUT2D eigenvalue weighted by Crippen LogP contribution is -2.25. The van der Waals surface area contributed by atoms with E-state index in [1.807, 2.05) is 0 Å². The number of aliphatic imine (C=N–C) groups is 1. The SMILES string of the molecule is CC(C)CC(CN)CC1=NCON1.Cl. The minimum Gasteiger partial charge on any atom is -0.330 e. The molecule has 5 heteroatoms. The zero-order chi connectivity index (χ0) is 9.68. The van der Waals surface area contributed by atoms with Gasteiger partial charge in [-0.2, -0.15) is 0 Å². The van der Waals surface area contributed by atoms with Crippen molar-refractivity contribution >= 4 is 18.2 Å². The van der Waals surface area contributed by atoms with Crippen LogP contribution in [0.1, 0.15) is 26.7 Å². The molecule has 4 nitrogen and oxygen atoms in total. The first-order chi connectivity index (χ1) is 6.22. The topological polar surface area (TPSA) is 59.6 Å². The number of hydrogen-bond donors (Lipinski definition) is 2. The summed E-state index contributed by atoms with van der Waals surface area (Å²) in [5, 5.41) is 0. The van der Waals surface area contributed by atoms with E-state index < -0.39 is 0 Å². The molecule has 14 heavy (non-hydrogen) atoms. The van der Waals surface area contributed by atoms with Crippen molar-refractivity contribution in [3.63, 3.8) is 0 Å². The summed E-state index contributed by atoms with van der Waals surface area (Å²) in [4.78, 5) is 9.07. The van der Waals surface area contributed by atoms with E-state index in [0.29, 0.717) is 18.6 Å². The Morgan fingerprint density at radius 2 is 2.29 bits per heavy atom. The lowest BCUT2D eigenvalue weighted by Gasteiger charge is -2.16. The highest BCUT2D eigenvalue weighted by Gasteiger charge is 2.14. The third kappa shape index (κ3) is 4.79. The van der Waals surface area contributed by atoms with Crippen molar-refractivity contribution in [3.05, 3.63) is 0 Å². The van der Waals surface area contributed by atoms with Crippen molar-refractivity contribution in [2.24, 2.45) is 22.6 Å². The van der Waals surface area contributed by atoms with Gasteiger partial charge in [0, 0.05) is 6.42 Å². The standard InChI is InChI=1S/C9H19N3O.ClH/c1-7(2)3-8(5-10)4-9-11-6-13-12-9;/h7-8H,3-6,10H2,1-2H3,(H,11,12);1H. The van der Waals surface area contributed by atoms with Crippen LogP contribution in [-0.2, 0) is 4.84 Å². The van der Waals surface area contributed by atoms with E-state index in [0.717, 1.165) is 25.2 Å². The zero-order valence-electron chi connectivity index (χ0n) is 8.82. The Morgan fingerprint density at radius 3 is 2.71 bits per heavy atom. The first kappa shape index (κ1) is 13.7. The first-order valence-corrected chi connectivity index (χ1v) is 4.83. The molecular weight excluding hydrogens is 202 g/mol. The maximum atomic E-state index is 5.68. The molecule has 1 aliphatic rings. The Labute approximate surface area is 91.7 Å². The highest BCUT2D eigenvalue weighted by Crippen LogP contribution is 2.15. The van der Waals surface area contributed by atoms with Crippen molar-refractivity contribution in [1.29, 1.82) is 0 Å². The monoisotopic (exact) mass is 221 g/mol. The minimum atomic E-state index is 0. The van der Waals surface area contributed by atoms with Gasteiger partial charge >= 0.3 is 0 Å². The first-order valence-electron chi connectivity index (χ1n) is 4.83. The number of hydroxylamine groups is 1. The maximum absolute atomic E-state index is 5.68. The Hall–Kier alpha value is -0.320. The van der Waals surface area contributed by atoms with Crippen LogP contribution in [0.5, 0.6) is 0 Å². The van der Waals surface area contributed by atoms with Crippen LogP contribution in [0.4, 0.5) is 0 Å². The number of nitrogens with one attached hydrogen (secondary N) is 1. The molecule has 1 rings (SSSR count). The lowest BCUT2D eigenvalue weighted by molar-refractivity contribution is 0.113. The van der Waals surface area contributed by atoms with Gasteiger partial charge in [-0.3, -0.25) is 10.3 Å². The molecule has 0 aliphatic carbocycles. The molecule has 1 heterocycles. The van der Waals surface area contributed by atoms with Crippen LogP contribution in [-0.4, -0.2) is 19.1 Å². The van der Waals surface area contributed by atoms with Gasteiger partial charge < -0.3 is 5.73 Å². The van der Waals surface area contributed by atoms with E-state index in [4.69, 9.17) is 10.6 Å². The second-order valence-corrected chi connectivity index (χ2v) is 3.92. The van der Waals surface area contributed by atoms with Gasteiger partial charge in [0.1, 0.15) is 5.84 Å². The van der Waals surface area contributed by atoms with Crippen molar-refractivity contribution in [2.45, 2.75) is 26.7 Å². The molecule has 3 N–H and O–H groups in total. The predicted octanol–water partition coefficient (Wildman–Crippen LogP) is 1.31. The molecular formula is C9H20ClN3O. The van der Waals surface area contributed by atoms with E-state index in [1.165, 1.54) is 0 Å². The molecule has 84 valence electrons. The molecule has 0 aromatic rings. The van der Waals surface area contributed by atoms with Gasteiger partial charge in [0.15, 0.2) is 6.73 Å². The van der Waals surface area contributed by atoms with E-state index in [1.54, 1.807) is 0 Å². The van der Waals surface area contributed by atoms with Gasteiger partial charge in [0.25, 0.3) is 0 Å². The largest absolute Gasteiger partial charge is 0.330 e. The van der Waals surface area contributed by atoms with Crippen LogP contribution in [0, 0.1) is 11.8 Å². The van der Waals surface area contributed by atoms with Crippen LogP contribution in [0.2, 0.25) is 0 Å². The summed E-state index contributed by atoms with van der Waals surface area (Å²) in [5.41, 5.74) is 8.46. The molecule has 0 amide bonds. The van der Waals surface area contributed by atoms with Crippen molar-refractivity contribution in [3.8, 4) is 0 Å². The van der Waals surface area contributed by atoms with Crippen LogP contribution in [0.15, 0.2) is 4.99 Å². The third-order valence-corrected chi connectivity index (χ3v) is 2.13. The number of nitrogens with two attached hydrogens (primary N) is 1. The lowest BCUT2D eigenvalue weighted by atomic mass is 9.94. The molecule has 0 aromatic carbocycles. The second kappa shape index (κ2) is 7.04. The van der Waals surface area contributed by atoms with Gasteiger partial charge in [-0.25, -0.2) is 4.99 Å². The van der Waals surface area contributed by atoms with Crippen LogP contribution >= 0.6 is 12.4 Å². The Morgan fingerprint density at radius 1 is 1.57 bits per heavy atom. The normalized spacial score (nSPS) is 17.3. The average molecular weight is 222 g/mol. The van der Waals surface area contributed by atoms with Crippen molar-refractivity contribution in [2.75, 3.05) is 13.3 Å². The average Bonchev–Trinajstić information content (AvgIpc) is 2.55.